The quantitative estimate of drug-likeness (QED) is 0.472. The van der Waals surface area contributed by atoms with E-state index in [-0.39, 0.29) is 16.9 Å². The standard InChI is InChI=1S/C21H22FN5O3S/c22-15-6-7-17-18(24-30-19(17)12-15)4-3-9-26-11-8-16(14-26)25-31(28,29)21-13-23-20-5-1-2-10-27(20)21/h1-2,5-7,10,12-13,16,25H,3-4,8-9,11,14H2. The van der Waals surface area contributed by atoms with Crippen LogP contribution in [-0.2, 0) is 16.4 Å². The third kappa shape index (κ3) is 4.06. The molecule has 1 N–H and O–H groups in total. The summed E-state index contributed by atoms with van der Waals surface area (Å²) in [6.07, 6.45) is 5.40. The summed E-state index contributed by atoms with van der Waals surface area (Å²) < 4.78 is 48.6. The van der Waals surface area contributed by atoms with E-state index >= 15 is 0 Å². The highest BCUT2D eigenvalue weighted by Gasteiger charge is 2.28. The molecule has 0 amide bonds. The first-order valence-corrected chi connectivity index (χ1v) is 11.7. The molecule has 0 bridgehead atoms. The van der Waals surface area contributed by atoms with Gasteiger partial charge in [0.15, 0.2) is 10.6 Å². The minimum absolute atomic E-state index is 0.143. The molecular weight excluding hydrogens is 421 g/mol. The van der Waals surface area contributed by atoms with Crippen molar-refractivity contribution in [3.05, 3.63) is 60.3 Å². The topological polar surface area (TPSA) is 92.7 Å². The predicted molar refractivity (Wildman–Crippen MR) is 113 cm³/mol. The van der Waals surface area contributed by atoms with Crippen LogP contribution in [0.4, 0.5) is 4.39 Å². The molecular formula is C21H22FN5O3S. The highest BCUT2D eigenvalue weighted by molar-refractivity contribution is 7.89. The van der Waals surface area contributed by atoms with Gasteiger partial charge in [-0.3, -0.25) is 4.40 Å². The van der Waals surface area contributed by atoms with E-state index in [4.69, 9.17) is 4.52 Å². The SMILES string of the molecule is O=S(=O)(NC1CCN(CCCc2noc3cc(F)ccc23)C1)c1cnc2ccccn12. The number of likely N-dealkylation sites (tertiary alicyclic amines) is 1. The molecule has 0 radical (unpaired) electrons. The summed E-state index contributed by atoms with van der Waals surface area (Å²) in [5, 5.41) is 5.04. The van der Waals surface area contributed by atoms with E-state index in [1.54, 1.807) is 28.8 Å². The molecule has 1 aliphatic rings. The number of fused-ring (bicyclic) bond motifs is 2. The van der Waals surface area contributed by atoms with Crippen molar-refractivity contribution in [2.45, 2.75) is 30.3 Å². The normalized spacial score (nSPS) is 17.8. The number of nitrogens with one attached hydrogen (secondary N) is 1. The summed E-state index contributed by atoms with van der Waals surface area (Å²) in [5.74, 6) is -0.343. The molecule has 162 valence electrons. The molecule has 4 heterocycles. The van der Waals surface area contributed by atoms with Gasteiger partial charge >= 0.3 is 0 Å². The third-order valence-electron chi connectivity index (χ3n) is 5.65. The number of halogens is 1. The maximum atomic E-state index is 13.3. The first kappa shape index (κ1) is 20.1. The molecule has 4 aromatic rings. The van der Waals surface area contributed by atoms with Crippen LogP contribution >= 0.6 is 0 Å². The fraction of sp³-hybridized carbons (Fsp3) is 0.333. The highest BCUT2D eigenvalue weighted by Crippen LogP contribution is 2.21. The number of hydrogen-bond donors (Lipinski definition) is 1. The fourth-order valence-electron chi connectivity index (χ4n) is 4.13. The Morgan fingerprint density at radius 3 is 3.06 bits per heavy atom. The van der Waals surface area contributed by atoms with Crippen molar-refractivity contribution in [2.24, 2.45) is 0 Å². The molecule has 5 rings (SSSR count). The van der Waals surface area contributed by atoms with Crippen molar-refractivity contribution in [3.8, 4) is 0 Å². The minimum atomic E-state index is -3.66. The lowest BCUT2D eigenvalue weighted by Crippen LogP contribution is -2.37. The van der Waals surface area contributed by atoms with Crippen LogP contribution in [0, 0.1) is 5.82 Å². The zero-order chi connectivity index (χ0) is 21.4. The third-order valence-corrected chi connectivity index (χ3v) is 7.15. The zero-order valence-electron chi connectivity index (χ0n) is 16.7. The lowest BCUT2D eigenvalue weighted by molar-refractivity contribution is 0.325. The van der Waals surface area contributed by atoms with Crippen molar-refractivity contribution in [3.63, 3.8) is 0 Å². The van der Waals surface area contributed by atoms with Crippen LogP contribution in [0.2, 0.25) is 0 Å². The number of pyridine rings is 1. The Labute approximate surface area is 178 Å². The Kier molecular flexibility index (Phi) is 5.20. The maximum absolute atomic E-state index is 13.3. The molecule has 0 spiro atoms. The Morgan fingerprint density at radius 1 is 1.26 bits per heavy atom. The van der Waals surface area contributed by atoms with Gasteiger partial charge in [-0.15, -0.1) is 0 Å². The van der Waals surface area contributed by atoms with E-state index in [0.717, 1.165) is 37.0 Å². The van der Waals surface area contributed by atoms with Gasteiger partial charge in [-0.2, -0.15) is 0 Å². The summed E-state index contributed by atoms with van der Waals surface area (Å²) >= 11 is 0. The number of aromatic nitrogens is 3. The molecule has 1 aliphatic heterocycles. The second kappa shape index (κ2) is 8.03. The van der Waals surface area contributed by atoms with Crippen LogP contribution in [0.15, 0.2) is 58.3 Å². The van der Waals surface area contributed by atoms with Crippen molar-refractivity contribution in [1.82, 2.24) is 24.2 Å². The lowest BCUT2D eigenvalue weighted by Gasteiger charge is -2.16. The summed E-state index contributed by atoms with van der Waals surface area (Å²) in [5.41, 5.74) is 1.87. The van der Waals surface area contributed by atoms with Crippen molar-refractivity contribution in [1.29, 1.82) is 0 Å². The second-order valence-corrected chi connectivity index (χ2v) is 9.47. The van der Waals surface area contributed by atoms with E-state index < -0.39 is 10.0 Å². The molecule has 8 nitrogen and oxygen atoms in total. The predicted octanol–water partition coefficient (Wildman–Crippen LogP) is 2.60. The van der Waals surface area contributed by atoms with E-state index in [0.29, 0.717) is 24.2 Å². The van der Waals surface area contributed by atoms with Crippen LogP contribution in [-0.4, -0.2) is 53.5 Å². The molecule has 0 aliphatic carbocycles. The van der Waals surface area contributed by atoms with Gasteiger partial charge in [0.1, 0.15) is 11.5 Å². The molecule has 10 heteroatoms. The molecule has 1 saturated heterocycles. The van der Waals surface area contributed by atoms with Gasteiger partial charge in [0.2, 0.25) is 0 Å². The number of benzene rings is 1. The average molecular weight is 444 g/mol. The lowest BCUT2D eigenvalue weighted by atomic mass is 10.1. The van der Waals surface area contributed by atoms with Crippen molar-refractivity contribution >= 4 is 26.6 Å². The molecule has 1 atom stereocenters. The van der Waals surface area contributed by atoms with Gasteiger partial charge in [0.25, 0.3) is 10.0 Å². The van der Waals surface area contributed by atoms with Crippen LogP contribution in [0.5, 0.6) is 0 Å². The summed E-state index contributed by atoms with van der Waals surface area (Å²) in [6, 6.07) is 9.66. The van der Waals surface area contributed by atoms with Gasteiger partial charge in [0.05, 0.1) is 11.9 Å². The molecule has 1 aromatic carbocycles. The van der Waals surface area contributed by atoms with Gasteiger partial charge in [-0.05, 0) is 56.6 Å². The minimum Gasteiger partial charge on any atom is -0.356 e. The Morgan fingerprint density at radius 2 is 2.16 bits per heavy atom. The monoisotopic (exact) mass is 443 g/mol. The van der Waals surface area contributed by atoms with Crippen LogP contribution in [0.3, 0.4) is 0 Å². The van der Waals surface area contributed by atoms with Gasteiger partial charge < -0.3 is 9.42 Å². The highest BCUT2D eigenvalue weighted by atomic mass is 32.2. The zero-order valence-corrected chi connectivity index (χ0v) is 17.6. The summed E-state index contributed by atoms with van der Waals surface area (Å²) in [7, 11) is -3.66. The average Bonchev–Trinajstić information content (AvgIpc) is 3.46. The van der Waals surface area contributed by atoms with Gasteiger partial charge in [0, 0.05) is 30.2 Å². The molecule has 31 heavy (non-hydrogen) atoms. The number of aryl methyl sites for hydroxylation is 1. The van der Waals surface area contributed by atoms with Crippen LogP contribution < -0.4 is 4.72 Å². The Balaban J connectivity index is 1.16. The maximum Gasteiger partial charge on any atom is 0.258 e. The summed E-state index contributed by atoms with van der Waals surface area (Å²) in [6.45, 7) is 2.30. The number of imidazole rings is 1. The molecule has 1 unspecified atom stereocenters. The Hall–Kier alpha value is -2.82. The Bertz CT molecular complexity index is 1330. The molecule has 1 fully saturated rings. The number of nitrogens with zero attached hydrogens (tertiary/aromatic N) is 4. The smallest absolute Gasteiger partial charge is 0.258 e. The number of hydrogen-bond acceptors (Lipinski definition) is 6. The fourth-order valence-corrected chi connectivity index (χ4v) is 5.49. The molecule has 0 saturated carbocycles. The number of rotatable bonds is 7. The van der Waals surface area contributed by atoms with Crippen molar-refractivity contribution in [2.75, 3.05) is 19.6 Å². The van der Waals surface area contributed by atoms with E-state index in [1.165, 1.54) is 18.3 Å². The largest absolute Gasteiger partial charge is 0.356 e. The summed E-state index contributed by atoms with van der Waals surface area (Å²) in [4.78, 5) is 6.40. The second-order valence-electron chi connectivity index (χ2n) is 7.81. The van der Waals surface area contributed by atoms with Crippen LogP contribution in [0.25, 0.3) is 16.6 Å². The molecule has 3 aromatic heterocycles. The number of sulfonamides is 1. The van der Waals surface area contributed by atoms with E-state index in [9.17, 15) is 12.8 Å². The van der Waals surface area contributed by atoms with E-state index in [1.807, 2.05) is 6.07 Å². The van der Waals surface area contributed by atoms with Crippen molar-refractivity contribution < 1.29 is 17.3 Å². The van der Waals surface area contributed by atoms with Gasteiger partial charge in [-0.25, -0.2) is 22.5 Å². The van der Waals surface area contributed by atoms with E-state index in [2.05, 4.69) is 19.8 Å². The first-order chi connectivity index (χ1) is 15.0. The van der Waals surface area contributed by atoms with Crippen LogP contribution in [0.1, 0.15) is 18.5 Å². The van der Waals surface area contributed by atoms with Gasteiger partial charge in [-0.1, -0.05) is 11.2 Å². The first-order valence-electron chi connectivity index (χ1n) is 10.2.